The second kappa shape index (κ2) is 14.6. The number of benzene rings is 1. The summed E-state index contributed by atoms with van der Waals surface area (Å²) >= 11 is 1.30. The fourth-order valence-corrected chi connectivity index (χ4v) is 6.39. The smallest absolute Gasteiger partial charge is 0.397 e. The largest absolute Gasteiger partial charge is 0.476 e. The zero-order chi connectivity index (χ0) is 34.5. The molecule has 0 aliphatic carbocycles. The van der Waals surface area contributed by atoms with Crippen LogP contribution < -0.4 is 14.4 Å². The first-order chi connectivity index (χ1) is 23.6. The van der Waals surface area contributed by atoms with Crippen molar-refractivity contribution in [3.63, 3.8) is 0 Å². The molecule has 2 aliphatic heterocycles. The van der Waals surface area contributed by atoms with Crippen molar-refractivity contribution >= 4 is 23.6 Å². The number of halogens is 3. The molecule has 0 amide bonds. The van der Waals surface area contributed by atoms with E-state index in [4.69, 9.17) is 24.4 Å². The van der Waals surface area contributed by atoms with E-state index in [2.05, 4.69) is 26.9 Å². The highest BCUT2D eigenvalue weighted by atomic mass is 32.2. The molecule has 0 radical (unpaired) electrons. The molecule has 1 N–H and O–H groups in total. The van der Waals surface area contributed by atoms with Gasteiger partial charge < -0.3 is 19.1 Å². The van der Waals surface area contributed by atoms with Gasteiger partial charge in [0.2, 0.25) is 5.88 Å². The van der Waals surface area contributed by atoms with Gasteiger partial charge in [0.15, 0.2) is 11.6 Å². The topological polar surface area (TPSA) is 114 Å². The van der Waals surface area contributed by atoms with Crippen LogP contribution in [0.15, 0.2) is 66.0 Å². The number of aryl methyl sites for hydroxylation is 1. The Morgan fingerprint density at radius 2 is 1.90 bits per heavy atom. The Hall–Kier alpha value is -4.35. The summed E-state index contributed by atoms with van der Waals surface area (Å²) in [5, 5.41) is 15.2. The highest BCUT2D eigenvalue weighted by molar-refractivity contribution is 8.00. The van der Waals surface area contributed by atoms with Crippen molar-refractivity contribution in [2.75, 3.05) is 42.5 Å². The minimum absolute atomic E-state index is 0.0581. The predicted octanol–water partition coefficient (Wildman–Crippen LogP) is 7.66. The molecule has 49 heavy (non-hydrogen) atoms. The molecule has 4 aromatic rings. The van der Waals surface area contributed by atoms with Crippen molar-refractivity contribution in [1.29, 1.82) is 5.26 Å². The summed E-state index contributed by atoms with van der Waals surface area (Å²) in [6.45, 7) is 3.97. The predicted molar refractivity (Wildman–Crippen MR) is 182 cm³/mol. The van der Waals surface area contributed by atoms with Gasteiger partial charge in [-0.1, -0.05) is 43.2 Å². The van der Waals surface area contributed by atoms with E-state index >= 15 is 0 Å². The highest BCUT2D eigenvalue weighted by Crippen LogP contribution is 2.38. The van der Waals surface area contributed by atoms with E-state index in [0.29, 0.717) is 43.5 Å². The third-order valence-corrected chi connectivity index (χ3v) is 9.65. The van der Waals surface area contributed by atoms with Crippen molar-refractivity contribution in [3.8, 4) is 29.0 Å². The van der Waals surface area contributed by atoms with Crippen LogP contribution in [0.25, 0.3) is 17.1 Å². The standard InChI is InChI=1S/C35H39F3N8O2S/c1-33(2,35(36,37)38)23-48-29-15-18-46(43-29)32-31-26-12-7-6-11-25(26)10-5-3-4-8-17-45(22-34(21-39)16-19-47-24-34)28-13-9-14-30(42-28)49-44-27(41-31)20-40-32/h6-7,9,11-15,18,20H,3-5,8,10,16-17,19,22-24H2,1-2H3,(H,41,44). The summed E-state index contributed by atoms with van der Waals surface area (Å²) in [5.41, 5.74) is -0.0211. The number of rotatable bonds is 6. The van der Waals surface area contributed by atoms with Crippen LogP contribution in [0.5, 0.6) is 5.88 Å². The summed E-state index contributed by atoms with van der Waals surface area (Å²) in [6, 6.07) is 17.9. The van der Waals surface area contributed by atoms with Crippen LogP contribution in [0.3, 0.4) is 0 Å². The van der Waals surface area contributed by atoms with Gasteiger partial charge in [0.1, 0.15) is 28.6 Å². The maximum atomic E-state index is 13.4. The number of nitriles is 1. The molecule has 0 spiro atoms. The lowest BCUT2D eigenvalue weighted by molar-refractivity contribution is -0.219. The first-order valence-electron chi connectivity index (χ1n) is 16.4. The number of anilines is 2. The molecule has 1 unspecified atom stereocenters. The van der Waals surface area contributed by atoms with Crippen LogP contribution in [0.1, 0.15) is 51.5 Å². The van der Waals surface area contributed by atoms with E-state index < -0.39 is 23.6 Å². The number of hydrogen-bond donors (Lipinski definition) is 1. The molecular formula is C35H39F3N8O2S. The Morgan fingerprint density at radius 3 is 2.69 bits per heavy atom. The van der Waals surface area contributed by atoms with Crippen LogP contribution in [-0.2, 0) is 11.2 Å². The molecule has 14 heteroatoms. The van der Waals surface area contributed by atoms with Crippen LogP contribution in [0.2, 0.25) is 0 Å². The maximum Gasteiger partial charge on any atom is 0.397 e. The fourth-order valence-electron chi connectivity index (χ4n) is 5.80. The van der Waals surface area contributed by atoms with E-state index in [1.165, 1.54) is 22.7 Å². The Kier molecular flexibility index (Phi) is 10.3. The average molecular weight is 693 g/mol. The van der Waals surface area contributed by atoms with Crippen LogP contribution in [0.4, 0.5) is 24.8 Å². The monoisotopic (exact) mass is 692 g/mol. The zero-order valence-corrected chi connectivity index (χ0v) is 28.4. The quantitative estimate of drug-likeness (QED) is 0.202. The summed E-state index contributed by atoms with van der Waals surface area (Å²) < 4.78 is 56.1. The molecule has 6 rings (SSSR count). The highest BCUT2D eigenvalue weighted by Gasteiger charge is 2.48. The number of fused-ring (bicyclic) bond motifs is 6. The molecule has 4 bridgehead atoms. The molecule has 2 aliphatic rings. The Labute approximate surface area is 288 Å². The summed E-state index contributed by atoms with van der Waals surface area (Å²) in [4.78, 5) is 16.8. The number of aromatic nitrogens is 5. The van der Waals surface area contributed by atoms with Gasteiger partial charge in [-0.2, -0.15) is 18.4 Å². The second-order valence-electron chi connectivity index (χ2n) is 13.2. The first-order valence-corrected chi connectivity index (χ1v) is 17.2. The second-order valence-corrected chi connectivity index (χ2v) is 14.0. The van der Waals surface area contributed by atoms with E-state index in [1.807, 2.05) is 36.4 Å². The molecule has 1 aromatic carbocycles. The van der Waals surface area contributed by atoms with Gasteiger partial charge in [0.05, 0.1) is 24.3 Å². The summed E-state index contributed by atoms with van der Waals surface area (Å²) in [6.07, 6.45) is 4.27. The zero-order valence-electron chi connectivity index (χ0n) is 27.5. The summed E-state index contributed by atoms with van der Waals surface area (Å²) in [5.74, 6) is 1.78. The number of nitrogens with zero attached hydrogens (tertiary/aromatic N) is 7. The minimum Gasteiger partial charge on any atom is -0.476 e. The van der Waals surface area contributed by atoms with Gasteiger partial charge in [0, 0.05) is 49.5 Å². The Morgan fingerprint density at radius 1 is 1.06 bits per heavy atom. The van der Waals surface area contributed by atoms with Gasteiger partial charge in [-0.25, -0.2) is 19.6 Å². The maximum absolute atomic E-state index is 13.4. The third-order valence-electron chi connectivity index (χ3n) is 8.91. The third kappa shape index (κ3) is 8.11. The van der Waals surface area contributed by atoms with Crippen LogP contribution in [0, 0.1) is 22.2 Å². The van der Waals surface area contributed by atoms with Gasteiger partial charge in [-0.05, 0) is 57.2 Å². The normalized spacial score (nSPS) is 19.0. The number of nitrogens with one attached hydrogen (secondary N) is 1. The van der Waals surface area contributed by atoms with Gasteiger partial charge in [-0.3, -0.25) is 0 Å². The van der Waals surface area contributed by atoms with Crippen molar-refractivity contribution in [3.05, 3.63) is 66.5 Å². The molecule has 0 saturated carbocycles. The van der Waals surface area contributed by atoms with Crippen molar-refractivity contribution in [1.82, 2.24) is 24.7 Å². The average Bonchev–Trinajstić information content (AvgIpc) is 3.77. The molecule has 3 aromatic heterocycles. The molecule has 1 fully saturated rings. The lowest BCUT2D eigenvalue weighted by atomic mass is 9.88. The van der Waals surface area contributed by atoms with E-state index in [0.717, 1.165) is 74.5 Å². The fraction of sp³-hybridized carbons (Fsp3) is 0.457. The van der Waals surface area contributed by atoms with Crippen molar-refractivity contribution < 1.29 is 22.6 Å². The summed E-state index contributed by atoms with van der Waals surface area (Å²) in [7, 11) is 0. The van der Waals surface area contributed by atoms with Crippen molar-refractivity contribution in [2.45, 2.75) is 63.6 Å². The van der Waals surface area contributed by atoms with E-state index in [-0.39, 0.29) is 5.88 Å². The van der Waals surface area contributed by atoms with E-state index in [9.17, 15) is 18.4 Å². The molecule has 10 nitrogen and oxygen atoms in total. The number of hydrogen-bond acceptors (Lipinski definition) is 10. The SMILES string of the molecule is CC(C)(COc1ccn(-c2ncc3nc2-c2ccccc2CCCCCCN(CC2(C#N)CCOC2)c2cccc(n2)SN3)n1)C(F)(F)F. The van der Waals surface area contributed by atoms with Crippen LogP contribution >= 0.6 is 11.9 Å². The van der Waals surface area contributed by atoms with Gasteiger partial charge in [-0.15, -0.1) is 5.10 Å². The molecule has 1 saturated heterocycles. The lowest BCUT2D eigenvalue weighted by Crippen LogP contribution is -2.38. The minimum atomic E-state index is -4.42. The van der Waals surface area contributed by atoms with Crippen molar-refractivity contribution in [2.24, 2.45) is 10.8 Å². The Balaban J connectivity index is 1.30. The van der Waals surface area contributed by atoms with Gasteiger partial charge in [0.25, 0.3) is 0 Å². The molecular weight excluding hydrogens is 654 g/mol. The number of alkyl halides is 3. The lowest BCUT2D eigenvalue weighted by Gasteiger charge is -2.30. The van der Waals surface area contributed by atoms with Crippen LogP contribution in [-0.4, -0.2) is 63.8 Å². The first kappa shape index (κ1) is 34.5. The molecule has 258 valence electrons. The molecule has 5 heterocycles. The Bertz CT molecular complexity index is 1780. The van der Waals surface area contributed by atoms with Gasteiger partial charge >= 0.3 is 6.18 Å². The number of pyridine rings is 1. The number of ether oxygens (including phenoxy) is 2. The van der Waals surface area contributed by atoms with E-state index in [1.54, 1.807) is 12.4 Å². The molecule has 1 atom stereocenters.